The van der Waals surface area contributed by atoms with E-state index in [1.54, 1.807) is 7.11 Å². The van der Waals surface area contributed by atoms with E-state index in [-0.39, 0.29) is 11.2 Å². The number of carbonyl (C=O) groups is 1. The van der Waals surface area contributed by atoms with Gasteiger partial charge in [-0.15, -0.1) is 0 Å². The number of hydrogen-bond donors (Lipinski definition) is 2. The number of nitrogens with one attached hydrogen (secondary N) is 2. The van der Waals surface area contributed by atoms with Gasteiger partial charge < -0.3 is 15.0 Å². The number of nitrogens with zero attached hydrogens (tertiary/aromatic N) is 1. The first-order valence-corrected chi connectivity index (χ1v) is 8.97. The number of benzene rings is 2. The molecule has 0 radical (unpaired) electrons. The van der Waals surface area contributed by atoms with Crippen LogP contribution in [0, 0.1) is 6.92 Å². The lowest BCUT2D eigenvalue weighted by molar-refractivity contribution is -0.120. The van der Waals surface area contributed by atoms with Gasteiger partial charge in [0.25, 0.3) is 0 Å². The highest BCUT2D eigenvalue weighted by Gasteiger charge is 2.16. The van der Waals surface area contributed by atoms with Crippen LogP contribution in [0.3, 0.4) is 0 Å². The van der Waals surface area contributed by atoms with Crippen LogP contribution in [-0.4, -0.2) is 28.2 Å². The average Bonchev–Trinajstić information content (AvgIpc) is 3.01. The summed E-state index contributed by atoms with van der Waals surface area (Å²) in [6.07, 6.45) is 0. The molecule has 6 heteroatoms. The Labute approximate surface area is 151 Å². The van der Waals surface area contributed by atoms with Crippen LogP contribution in [-0.2, 0) is 11.3 Å². The van der Waals surface area contributed by atoms with E-state index in [2.05, 4.69) is 21.4 Å². The molecule has 0 saturated carbocycles. The summed E-state index contributed by atoms with van der Waals surface area (Å²) in [6.45, 7) is 4.42. The quantitative estimate of drug-likeness (QED) is 0.662. The van der Waals surface area contributed by atoms with Crippen molar-refractivity contribution in [3.8, 4) is 5.75 Å². The Kier molecular flexibility index (Phi) is 5.28. The van der Waals surface area contributed by atoms with Gasteiger partial charge in [0, 0.05) is 6.54 Å². The van der Waals surface area contributed by atoms with Gasteiger partial charge in [0.2, 0.25) is 5.91 Å². The first kappa shape index (κ1) is 17.4. The Bertz CT molecular complexity index is 874. The number of rotatable bonds is 6. The van der Waals surface area contributed by atoms with E-state index in [1.807, 2.05) is 50.2 Å². The minimum absolute atomic E-state index is 0.0162. The SMILES string of the molecule is COc1ccc(CNC(=O)[C@@H](C)Sc2nc3ccc(C)cc3[nH]2)cc1. The number of aryl methyl sites for hydroxylation is 1. The third-order valence-corrected chi connectivity index (χ3v) is 4.88. The molecule has 3 rings (SSSR count). The number of ether oxygens (including phenoxy) is 1. The molecule has 1 atom stereocenters. The van der Waals surface area contributed by atoms with Crippen molar-refractivity contribution >= 4 is 28.7 Å². The second-order valence-electron chi connectivity index (χ2n) is 5.89. The Morgan fingerprint density at radius 1 is 1.28 bits per heavy atom. The van der Waals surface area contributed by atoms with Crippen LogP contribution in [0.4, 0.5) is 0 Å². The van der Waals surface area contributed by atoms with Crippen molar-refractivity contribution in [3.63, 3.8) is 0 Å². The van der Waals surface area contributed by atoms with Crippen LogP contribution in [0.1, 0.15) is 18.1 Å². The number of carbonyl (C=O) groups excluding carboxylic acids is 1. The molecule has 0 spiro atoms. The molecule has 0 aliphatic heterocycles. The topological polar surface area (TPSA) is 67.0 Å². The van der Waals surface area contributed by atoms with Crippen molar-refractivity contribution in [1.29, 1.82) is 0 Å². The Morgan fingerprint density at radius 2 is 2.04 bits per heavy atom. The van der Waals surface area contributed by atoms with Crippen LogP contribution in [0.25, 0.3) is 11.0 Å². The molecular weight excluding hydrogens is 334 g/mol. The van der Waals surface area contributed by atoms with E-state index in [0.717, 1.165) is 27.5 Å². The van der Waals surface area contributed by atoms with Gasteiger partial charge in [0.15, 0.2) is 5.16 Å². The van der Waals surface area contributed by atoms with Crippen LogP contribution >= 0.6 is 11.8 Å². The molecule has 3 aromatic rings. The highest BCUT2D eigenvalue weighted by atomic mass is 32.2. The van der Waals surface area contributed by atoms with Gasteiger partial charge >= 0.3 is 0 Å². The van der Waals surface area contributed by atoms with E-state index >= 15 is 0 Å². The number of amides is 1. The molecule has 0 fully saturated rings. The molecule has 1 aromatic heterocycles. The summed E-state index contributed by atoms with van der Waals surface area (Å²) >= 11 is 1.43. The molecule has 0 saturated heterocycles. The molecule has 0 bridgehead atoms. The second-order valence-corrected chi connectivity index (χ2v) is 7.22. The number of H-pyrrole nitrogens is 1. The predicted molar refractivity (Wildman–Crippen MR) is 101 cm³/mol. The van der Waals surface area contributed by atoms with Gasteiger partial charge in [-0.1, -0.05) is 30.0 Å². The molecule has 1 heterocycles. The fourth-order valence-corrected chi connectivity index (χ4v) is 3.30. The first-order chi connectivity index (χ1) is 12.0. The van der Waals surface area contributed by atoms with Crippen molar-refractivity contribution in [3.05, 3.63) is 53.6 Å². The number of aromatic amines is 1. The van der Waals surface area contributed by atoms with Crippen LogP contribution in [0.15, 0.2) is 47.6 Å². The van der Waals surface area contributed by atoms with Crippen molar-refractivity contribution in [1.82, 2.24) is 15.3 Å². The maximum atomic E-state index is 12.3. The lowest BCUT2D eigenvalue weighted by Crippen LogP contribution is -2.30. The van der Waals surface area contributed by atoms with Crippen molar-refractivity contribution in [2.75, 3.05) is 7.11 Å². The Morgan fingerprint density at radius 3 is 2.76 bits per heavy atom. The highest BCUT2D eigenvalue weighted by molar-refractivity contribution is 8.00. The zero-order valence-corrected chi connectivity index (χ0v) is 15.3. The summed E-state index contributed by atoms with van der Waals surface area (Å²) in [5, 5.41) is 3.48. The van der Waals surface area contributed by atoms with Crippen LogP contribution < -0.4 is 10.1 Å². The lowest BCUT2D eigenvalue weighted by atomic mass is 10.2. The number of imidazole rings is 1. The zero-order valence-electron chi connectivity index (χ0n) is 14.5. The maximum Gasteiger partial charge on any atom is 0.233 e. The van der Waals surface area contributed by atoms with Gasteiger partial charge in [-0.05, 0) is 49.2 Å². The van der Waals surface area contributed by atoms with E-state index < -0.39 is 0 Å². The van der Waals surface area contributed by atoms with E-state index in [4.69, 9.17) is 4.74 Å². The number of aromatic nitrogens is 2. The summed E-state index contributed by atoms with van der Waals surface area (Å²) in [5.74, 6) is 0.788. The molecule has 1 amide bonds. The second kappa shape index (κ2) is 7.61. The molecule has 25 heavy (non-hydrogen) atoms. The number of hydrogen-bond acceptors (Lipinski definition) is 4. The van der Waals surface area contributed by atoms with Gasteiger partial charge in [0.1, 0.15) is 5.75 Å². The highest BCUT2D eigenvalue weighted by Crippen LogP contribution is 2.24. The van der Waals surface area contributed by atoms with Crippen molar-refractivity contribution in [2.45, 2.75) is 30.8 Å². The summed E-state index contributed by atoms with van der Waals surface area (Å²) in [4.78, 5) is 20.1. The number of methoxy groups -OCH3 is 1. The minimum Gasteiger partial charge on any atom is -0.497 e. The molecule has 5 nitrogen and oxygen atoms in total. The van der Waals surface area contributed by atoms with Crippen LogP contribution in [0.2, 0.25) is 0 Å². The van der Waals surface area contributed by atoms with Gasteiger partial charge in [-0.25, -0.2) is 4.98 Å². The van der Waals surface area contributed by atoms with Crippen molar-refractivity contribution in [2.24, 2.45) is 0 Å². The summed E-state index contributed by atoms with van der Waals surface area (Å²) in [7, 11) is 1.63. The summed E-state index contributed by atoms with van der Waals surface area (Å²) in [6, 6.07) is 13.7. The van der Waals surface area contributed by atoms with Gasteiger partial charge in [-0.2, -0.15) is 0 Å². The fraction of sp³-hybridized carbons (Fsp3) is 0.263. The number of thioether (sulfide) groups is 1. The predicted octanol–water partition coefficient (Wildman–Crippen LogP) is 3.68. The molecule has 2 aromatic carbocycles. The van der Waals surface area contributed by atoms with Crippen molar-refractivity contribution < 1.29 is 9.53 Å². The van der Waals surface area contributed by atoms with E-state index in [0.29, 0.717) is 6.54 Å². The average molecular weight is 355 g/mol. The smallest absolute Gasteiger partial charge is 0.233 e. The summed E-state index contributed by atoms with van der Waals surface area (Å²) in [5.41, 5.74) is 4.12. The molecular formula is C19H21N3O2S. The lowest BCUT2D eigenvalue weighted by Gasteiger charge is -2.11. The largest absolute Gasteiger partial charge is 0.497 e. The molecule has 2 N–H and O–H groups in total. The molecule has 0 unspecified atom stereocenters. The third-order valence-electron chi connectivity index (χ3n) is 3.90. The van der Waals surface area contributed by atoms with E-state index in [9.17, 15) is 4.79 Å². The Hall–Kier alpha value is -2.47. The van der Waals surface area contributed by atoms with E-state index in [1.165, 1.54) is 17.3 Å². The summed E-state index contributed by atoms with van der Waals surface area (Å²) < 4.78 is 5.13. The fourth-order valence-electron chi connectivity index (χ4n) is 2.45. The minimum atomic E-state index is -0.236. The Balaban J connectivity index is 1.57. The molecule has 0 aliphatic rings. The van der Waals surface area contributed by atoms with Gasteiger partial charge in [0.05, 0.1) is 23.4 Å². The number of fused-ring (bicyclic) bond motifs is 1. The maximum absolute atomic E-state index is 12.3. The van der Waals surface area contributed by atoms with Gasteiger partial charge in [-0.3, -0.25) is 4.79 Å². The molecule has 0 aliphatic carbocycles. The first-order valence-electron chi connectivity index (χ1n) is 8.09. The van der Waals surface area contributed by atoms with Crippen LogP contribution in [0.5, 0.6) is 5.75 Å². The third kappa shape index (κ3) is 4.33. The standard InChI is InChI=1S/C19H21N3O2S/c1-12-4-9-16-17(10-12)22-19(21-16)25-13(2)18(23)20-11-14-5-7-15(24-3)8-6-14/h4-10,13H,11H2,1-3H3,(H,20,23)(H,21,22)/t13-/m1/s1. The monoisotopic (exact) mass is 355 g/mol. The normalized spacial score (nSPS) is 12.1. The molecule has 130 valence electrons. The zero-order chi connectivity index (χ0) is 17.8.